The van der Waals surface area contributed by atoms with Gasteiger partial charge in [-0.1, -0.05) is 18.2 Å². The second kappa shape index (κ2) is 4.14. The summed E-state index contributed by atoms with van der Waals surface area (Å²) in [6.45, 7) is 1.79. The van der Waals surface area contributed by atoms with Gasteiger partial charge in [0.1, 0.15) is 17.1 Å². The van der Waals surface area contributed by atoms with Crippen LogP contribution in [0, 0.1) is 18.3 Å². The molecule has 0 saturated heterocycles. The number of nitrogens with zero attached hydrogens (tertiary/aromatic N) is 3. The molecule has 114 valence electrons. The van der Waals surface area contributed by atoms with E-state index in [9.17, 15) is 10.1 Å². The number of aromatic amines is 1. The van der Waals surface area contributed by atoms with Crippen LogP contribution >= 0.6 is 0 Å². The molecule has 0 bridgehead atoms. The minimum atomic E-state index is -1.31. The summed E-state index contributed by atoms with van der Waals surface area (Å²) in [5, 5.41) is 16.6. The highest BCUT2D eigenvalue weighted by Crippen LogP contribution is 2.54. The lowest BCUT2D eigenvalue weighted by atomic mass is 9.69. The Kier molecular flexibility index (Phi) is 2.41. The molecule has 0 aliphatic carbocycles. The number of anilines is 1. The minimum absolute atomic E-state index is 0.0926. The fourth-order valence-corrected chi connectivity index (χ4v) is 3.57. The number of rotatable bonds is 0. The van der Waals surface area contributed by atoms with E-state index in [1.807, 2.05) is 24.3 Å². The fourth-order valence-electron chi connectivity index (χ4n) is 3.57. The maximum absolute atomic E-state index is 13.3. The number of carbonyl (C=O) groups excluding carboxylic acids is 1. The summed E-state index contributed by atoms with van der Waals surface area (Å²) in [6, 6.07) is 9.44. The molecule has 0 radical (unpaired) electrons. The summed E-state index contributed by atoms with van der Waals surface area (Å²) in [5.74, 6) is -0.102. The van der Waals surface area contributed by atoms with Crippen LogP contribution in [0.2, 0.25) is 0 Å². The van der Waals surface area contributed by atoms with Gasteiger partial charge in [0.15, 0.2) is 0 Å². The molecular weight excluding hydrogens is 294 g/mol. The number of amides is 1. The molecule has 2 aliphatic heterocycles. The van der Waals surface area contributed by atoms with Gasteiger partial charge in [-0.2, -0.15) is 5.26 Å². The first-order valence-electron chi connectivity index (χ1n) is 7.04. The molecule has 1 amide bonds. The predicted octanol–water partition coefficient (Wildman–Crippen LogP) is 1.07. The van der Waals surface area contributed by atoms with Crippen LogP contribution in [0.3, 0.4) is 0 Å². The predicted molar refractivity (Wildman–Crippen MR) is 81.4 cm³/mol. The third kappa shape index (κ3) is 1.33. The molecule has 23 heavy (non-hydrogen) atoms. The molecule has 0 fully saturated rings. The summed E-state index contributed by atoms with van der Waals surface area (Å²) in [5.41, 5.74) is 7.39. The van der Waals surface area contributed by atoms with Gasteiger partial charge in [-0.3, -0.25) is 9.89 Å². The fraction of sp³-hybridized carbons (Fsp3) is 0.188. The Morgan fingerprint density at radius 3 is 2.91 bits per heavy atom. The van der Waals surface area contributed by atoms with Crippen molar-refractivity contribution in [2.24, 2.45) is 5.73 Å². The Bertz CT molecular complexity index is 936. The van der Waals surface area contributed by atoms with Crippen LogP contribution in [0.4, 0.5) is 5.69 Å². The number of carbonyl (C=O) groups is 1. The van der Waals surface area contributed by atoms with E-state index < -0.39 is 5.41 Å². The first kappa shape index (κ1) is 13.4. The Morgan fingerprint density at radius 2 is 2.17 bits per heavy atom. The smallest absolute Gasteiger partial charge is 0.247 e. The highest BCUT2D eigenvalue weighted by atomic mass is 16.5. The molecule has 2 aromatic rings. The molecule has 0 saturated carbocycles. The van der Waals surface area contributed by atoms with Crippen LogP contribution in [0.25, 0.3) is 0 Å². The molecule has 7 nitrogen and oxygen atoms in total. The third-order valence-electron chi connectivity index (χ3n) is 4.52. The topological polar surface area (TPSA) is 108 Å². The van der Waals surface area contributed by atoms with E-state index >= 15 is 0 Å². The van der Waals surface area contributed by atoms with Crippen LogP contribution in [-0.4, -0.2) is 23.2 Å². The first-order valence-corrected chi connectivity index (χ1v) is 7.04. The van der Waals surface area contributed by atoms with Crippen LogP contribution in [-0.2, 0) is 10.2 Å². The number of nitrogens with two attached hydrogens (primary N) is 1. The van der Waals surface area contributed by atoms with Crippen LogP contribution in [0.1, 0.15) is 16.8 Å². The second-order valence-corrected chi connectivity index (χ2v) is 5.61. The molecule has 1 aromatic carbocycles. The van der Waals surface area contributed by atoms with Crippen molar-refractivity contribution in [3.63, 3.8) is 0 Å². The van der Waals surface area contributed by atoms with Gasteiger partial charge in [-0.25, -0.2) is 0 Å². The van der Waals surface area contributed by atoms with Crippen molar-refractivity contribution in [2.45, 2.75) is 12.3 Å². The molecule has 2 aliphatic rings. The summed E-state index contributed by atoms with van der Waals surface area (Å²) in [7, 11) is 1.69. The van der Waals surface area contributed by atoms with Crippen molar-refractivity contribution in [3.05, 3.63) is 52.5 Å². The Hall–Kier alpha value is -3.27. The van der Waals surface area contributed by atoms with E-state index in [0.29, 0.717) is 16.8 Å². The first-order chi connectivity index (χ1) is 11.0. The zero-order chi connectivity index (χ0) is 16.4. The number of likely N-dealkylation sites (N-methyl/N-ethyl adjacent to an activating group) is 1. The molecule has 4 rings (SSSR count). The number of aromatic nitrogens is 2. The molecule has 1 spiro atoms. The largest absolute Gasteiger partial charge is 0.420 e. The Labute approximate surface area is 132 Å². The standard InChI is InChI=1S/C16H13N5O2/c1-8-12-14(20-19-8)23-13(18)10(7-17)16(12)9-5-3-4-6-11(9)21(2)15(16)22/h3-6H,18H2,1-2H3,(H,19,20)/t16-/m0/s1. The number of aryl methyl sites for hydroxylation is 1. The highest BCUT2D eigenvalue weighted by Gasteiger charge is 2.59. The number of H-pyrrole nitrogens is 1. The van der Waals surface area contributed by atoms with E-state index in [-0.39, 0.29) is 23.2 Å². The lowest BCUT2D eigenvalue weighted by Gasteiger charge is -2.32. The number of hydrogen-bond donors (Lipinski definition) is 2. The SMILES string of the molecule is Cc1[nH]nc2c1[C@@]1(C(=O)N(C)c3ccccc31)C(C#N)=C(N)O2. The van der Waals surface area contributed by atoms with Crippen LogP contribution in [0.5, 0.6) is 5.88 Å². The Morgan fingerprint density at radius 1 is 1.43 bits per heavy atom. The molecule has 1 atom stereocenters. The minimum Gasteiger partial charge on any atom is -0.420 e. The monoisotopic (exact) mass is 307 g/mol. The number of ether oxygens (including phenoxy) is 1. The molecule has 3 N–H and O–H groups in total. The van der Waals surface area contributed by atoms with Gasteiger partial charge in [0.25, 0.3) is 0 Å². The van der Waals surface area contributed by atoms with Crippen molar-refractivity contribution in [2.75, 3.05) is 11.9 Å². The van der Waals surface area contributed by atoms with Gasteiger partial charge < -0.3 is 15.4 Å². The van der Waals surface area contributed by atoms with Crippen molar-refractivity contribution in [1.82, 2.24) is 10.2 Å². The average Bonchev–Trinajstić information content (AvgIpc) is 3.01. The Balaban J connectivity index is 2.20. The number of nitriles is 1. The summed E-state index contributed by atoms with van der Waals surface area (Å²) >= 11 is 0. The number of para-hydroxylation sites is 1. The van der Waals surface area contributed by atoms with Gasteiger partial charge >= 0.3 is 0 Å². The number of fused-ring (bicyclic) bond motifs is 4. The molecule has 3 heterocycles. The van der Waals surface area contributed by atoms with Crippen LogP contribution < -0.4 is 15.4 Å². The average molecular weight is 307 g/mol. The maximum Gasteiger partial charge on any atom is 0.247 e. The third-order valence-corrected chi connectivity index (χ3v) is 4.52. The van der Waals surface area contributed by atoms with Crippen molar-refractivity contribution < 1.29 is 9.53 Å². The van der Waals surface area contributed by atoms with Gasteiger partial charge in [0.2, 0.25) is 17.7 Å². The highest BCUT2D eigenvalue weighted by molar-refractivity contribution is 6.13. The van der Waals surface area contributed by atoms with Gasteiger partial charge in [-0.15, -0.1) is 5.10 Å². The van der Waals surface area contributed by atoms with Crippen molar-refractivity contribution in [1.29, 1.82) is 5.26 Å². The number of nitrogens with one attached hydrogen (secondary N) is 1. The van der Waals surface area contributed by atoms with E-state index in [2.05, 4.69) is 16.3 Å². The number of hydrogen-bond acceptors (Lipinski definition) is 5. The van der Waals surface area contributed by atoms with Crippen molar-refractivity contribution in [3.8, 4) is 11.9 Å². The molecular formula is C16H13N5O2. The zero-order valence-corrected chi connectivity index (χ0v) is 12.5. The van der Waals surface area contributed by atoms with Gasteiger partial charge in [0.05, 0.1) is 5.56 Å². The van der Waals surface area contributed by atoms with E-state index in [4.69, 9.17) is 10.5 Å². The summed E-state index contributed by atoms with van der Waals surface area (Å²) in [4.78, 5) is 14.8. The van der Waals surface area contributed by atoms with E-state index in [0.717, 1.165) is 5.69 Å². The summed E-state index contributed by atoms with van der Waals surface area (Å²) < 4.78 is 5.46. The lowest BCUT2D eigenvalue weighted by Crippen LogP contribution is -2.45. The number of benzene rings is 1. The quantitative estimate of drug-likeness (QED) is 0.756. The zero-order valence-electron chi connectivity index (χ0n) is 12.5. The molecule has 7 heteroatoms. The van der Waals surface area contributed by atoms with Gasteiger partial charge in [0, 0.05) is 24.0 Å². The van der Waals surface area contributed by atoms with Crippen LogP contribution in [0.15, 0.2) is 35.7 Å². The summed E-state index contributed by atoms with van der Waals surface area (Å²) in [6.07, 6.45) is 0. The normalized spacial score (nSPS) is 22.0. The molecule has 0 unspecified atom stereocenters. The van der Waals surface area contributed by atoms with E-state index in [1.54, 1.807) is 18.9 Å². The lowest BCUT2D eigenvalue weighted by molar-refractivity contribution is -0.120. The van der Waals surface area contributed by atoms with E-state index in [1.165, 1.54) is 0 Å². The van der Waals surface area contributed by atoms with Crippen molar-refractivity contribution >= 4 is 11.6 Å². The second-order valence-electron chi connectivity index (χ2n) is 5.61. The molecule has 1 aromatic heterocycles. The van der Waals surface area contributed by atoms with Gasteiger partial charge in [-0.05, 0) is 13.0 Å². The maximum atomic E-state index is 13.3.